The summed E-state index contributed by atoms with van der Waals surface area (Å²) in [5.74, 6) is -0.458. The molecule has 1 aromatic heterocycles. The number of nitrogens with zero attached hydrogens (tertiary/aromatic N) is 4. The highest BCUT2D eigenvalue weighted by atomic mass is 16.6. The molecule has 1 aliphatic heterocycles. The van der Waals surface area contributed by atoms with Gasteiger partial charge in [-0.1, -0.05) is 24.3 Å². The summed E-state index contributed by atoms with van der Waals surface area (Å²) in [6.45, 7) is 5.54. The van der Waals surface area contributed by atoms with Gasteiger partial charge in [-0.25, -0.2) is 9.48 Å². The van der Waals surface area contributed by atoms with Crippen LogP contribution in [0.3, 0.4) is 0 Å². The fourth-order valence-corrected chi connectivity index (χ4v) is 3.78. The number of carbonyl (C=O) groups excluding carboxylic acids is 2. The van der Waals surface area contributed by atoms with Crippen molar-refractivity contribution in [3.63, 3.8) is 0 Å². The molecule has 9 heteroatoms. The van der Waals surface area contributed by atoms with Crippen LogP contribution in [0.15, 0.2) is 54.6 Å². The lowest BCUT2D eigenvalue weighted by molar-refractivity contribution is -0.385. The molecule has 158 valence electrons. The Balaban J connectivity index is 1.56. The van der Waals surface area contributed by atoms with Gasteiger partial charge in [-0.15, -0.1) is 0 Å². The molecule has 1 N–H and O–H groups in total. The first-order valence-corrected chi connectivity index (χ1v) is 9.70. The molecule has 1 fully saturated rings. The number of aryl methyl sites for hydroxylation is 2. The first-order valence-electron chi connectivity index (χ1n) is 9.70. The van der Waals surface area contributed by atoms with Gasteiger partial charge in [0.1, 0.15) is 5.54 Å². The third-order valence-electron chi connectivity index (χ3n) is 5.44. The van der Waals surface area contributed by atoms with Crippen LogP contribution < -0.4 is 5.32 Å². The van der Waals surface area contributed by atoms with Crippen molar-refractivity contribution in [2.24, 2.45) is 0 Å². The normalized spacial score (nSPS) is 18.4. The molecule has 1 unspecified atom stereocenters. The lowest BCUT2D eigenvalue weighted by atomic mass is 9.91. The van der Waals surface area contributed by atoms with Crippen LogP contribution in [-0.4, -0.2) is 31.5 Å². The van der Waals surface area contributed by atoms with Gasteiger partial charge in [0, 0.05) is 17.8 Å². The van der Waals surface area contributed by atoms with Crippen LogP contribution in [0.1, 0.15) is 29.4 Å². The third kappa shape index (κ3) is 3.54. The summed E-state index contributed by atoms with van der Waals surface area (Å²) in [4.78, 5) is 37.4. The lowest BCUT2D eigenvalue weighted by Crippen LogP contribution is -2.40. The second-order valence-corrected chi connectivity index (χ2v) is 7.76. The molecule has 0 radical (unpaired) electrons. The average molecular weight is 419 g/mol. The second kappa shape index (κ2) is 7.35. The topological polar surface area (TPSA) is 110 Å². The highest BCUT2D eigenvalue weighted by molar-refractivity contribution is 6.07. The van der Waals surface area contributed by atoms with Crippen molar-refractivity contribution in [2.75, 3.05) is 0 Å². The number of rotatable bonds is 5. The van der Waals surface area contributed by atoms with Gasteiger partial charge in [0.2, 0.25) is 0 Å². The zero-order valence-corrected chi connectivity index (χ0v) is 17.3. The van der Waals surface area contributed by atoms with Crippen molar-refractivity contribution in [1.29, 1.82) is 0 Å². The maximum absolute atomic E-state index is 13.1. The Bertz CT molecular complexity index is 1200. The van der Waals surface area contributed by atoms with Crippen LogP contribution in [0.4, 0.5) is 10.5 Å². The first kappa shape index (κ1) is 20.3. The van der Waals surface area contributed by atoms with E-state index in [9.17, 15) is 19.7 Å². The number of benzene rings is 2. The van der Waals surface area contributed by atoms with Gasteiger partial charge in [-0.3, -0.25) is 19.8 Å². The summed E-state index contributed by atoms with van der Waals surface area (Å²) in [5, 5.41) is 18.2. The SMILES string of the molecule is Cc1cc(C)n(-c2ccc(CN3C(=O)NC(C)(c4cccc([N+](=O)[O-])c4)C3=O)cc2)n1. The summed E-state index contributed by atoms with van der Waals surface area (Å²) in [6, 6.07) is 14.6. The van der Waals surface area contributed by atoms with Crippen LogP contribution in [0.2, 0.25) is 0 Å². The molecule has 1 saturated heterocycles. The molecule has 31 heavy (non-hydrogen) atoms. The molecule has 2 aromatic carbocycles. The number of amides is 3. The molecular formula is C22H21N5O4. The van der Waals surface area contributed by atoms with Crippen molar-refractivity contribution < 1.29 is 14.5 Å². The Morgan fingerprint density at radius 2 is 1.81 bits per heavy atom. The number of nitrogens with one attached hydrogen (secondary N) is 1. The summed E-state index contributed by atoms with van der Waals surface area (Å²) in [5.41, 5.74) is 2.44. The summed E-state index contributed by atoms with van der Waals surface area (Å²) in [7, 11) is 0. The minimum atomic E-state index is -1.37. The number of nitro groups is 1. The van der Waals surface area contributed by atoms with E-state index in [0.717, 1.165) is 27.5 Å². The molecule has 0 bridgehead atoms. The van der Waals surface area contributed by atoms with Crippen LogP contribution in [0.5, 0.6) is 0 Å². The Labute approximate surface area is 178 Å². The number of hydrogen-bond acceptors (Lipinski definition) is 5. The van der Waals surface area contributed by atoms with Crippen molar-refractivity contribution in [1.82, 2.24) is 20.0 Å². The molecule has 3 amide bonds. The van der Waals surface area contributed by atoms with Crippen molar-refractivity contribution in [2.45, 2.75) is 32.9 Å². The predicted octanol–water partition coefficient (Wildman–Crippen LogP) is 3.36. The number of urea groups is 1. The zero-order chi connectivity index (χ0) is 22.3. The maximum atomic E-state index is 13.1. The quantitative estimate of drug-likeness (QED) is 0.387. The molecule has 3 aromatic rings. The highest BCUT2D eigenvalue weighted by Gasteiger charge is 2.49. The van der Waals surface area contributed by atoms with Gasteiger partial charge < -0.3 is 5.32 Å². The lowest BCUT2D eigenvalue weighted by Gasteiger charge is -2.22. The fourth-order valence-electron chi connectivity index (χ4n) is 3.78. The number of hydrogen-bond donors (Lipinski definition) is 1. The predicted molar refractivity (Wildman–Crippen MR) is 113 cm³/mol. The maximum Gasteiger partial charge on any atom is 0.325 e. The van der Waals surface area contributed by atoms with E-state index in [0.29, 0.717) is 5.56 Å². The Morgan fingerprint density at radius 1 is 1.10 bits per heavy atom. The van der Waals surface area contributed by atoms with E-state index in [-0.39, 0.29) is 12.2 Å². The molecule has 1 aliphatic rings. The Morgan fingerprint density at radius 3 is 2.42 bits per heavy atom. The van der Waals surface area contributed by atoms with Gasteiger partial charge in [0.15, 0.2) is 0 Å². The standard InChI is InChI=1S/C22H21N5O4/c1-14-11-15(2)26(24-14)18-9-7-16(8-10-18)13-25-20(28)22(3,23-21(25)29)17-5-4-6-19(12-17)27(30)31/h4-12H,13H2,1-3H3,(H,23,29). The van der Waals surface area contributed by atoms with Crippen LogP contribution in [0.25, 0.3) is 5.69 Å². The van der Waals surface area contributed by atoms with E-state index in [1.54, 1.807) is 13.0 Å². The zero-order valence-electron chi connectivity index (χ0n) is 17.3. The minimum Gasteiger partial charge on any atom is -0.319 e. The molecule has 0 aliphatic carbocycles. The van der Waals surface area contributed by atoms with Gasteiger partial charge in [0.05, 0.1) is 22.8 Å². The van der Waals surface area contributed by atoms with Crippen molar-refractivity contribution >= 4 is 17.6 Å². The number of aromatic nitrogens is 2. The van der Waals surface area contributed by atoms with Crippen LogP contribution in [-0.2, 0) is 16.9 Å². The van der Waals surface area contributed by atoms with E-state index in [1.165, 1.54) is 18.2 Å². The highest BCUT2D eigenvalue weighted by Crippen LogP contribution is 2.31. The van der Waals surface area contributed by atoms with Gasteiger partial charge in [-0.2, -0.15) is 5.10 Å². The van der Waals surface area contributed by atoms with E-state index >= 15 is 0 Å². The largest absolute Gasteiger partial charge is 0.325 e. The summed E-state index contributed by atoms with van der Waals surface area (Å²) >= 11 is 0. The van der Waals surface area contributed by atoms with E-state index in [1.807, 2.05) is 48.9 Å². The van der Waals surface area contributed by atoms with Crippen molar-refractivity contribution in [3.05, 3.63) is 87.2 Å². The monoisotopic (exact) mass is 419 g/mol. The first-order chi connectivity index (χ1) is 14.7. The molecule has 9 nitrogen and oxygen atoms in total. The van der Waals surface area contributed by atoms with Gasteiger partial charge >= 0.3 is 6.03 Å². The second-order valence-electron chi connectivity index (χ2n) is 7.76. The molecule has 4 rings (SSSR count). The minimum absolute atomic E-state index is 0.0899. The molecular weight excluding hydrogens is 398 g/mol. The average Bonchev–Trinajstić information content (AvgIpc) is 3.19. The Hall–Kier alpha value is -4.01. The summed E-state index contributed by atoms with van der Waals surface area (Å²) in [6.07, 6.45) is 0. The van der Waals surface area contributed by atoms with Crippen molar-refractivity contribution in [3.8, 4) is 5.69 Å². The number of non-ortho nitro benzene ring substituents is 1. The fraction of sp³-hybridized carbons (Fsp3) is 0.227. The van der Waals surface area contributed by atoms with Crippen LogP contribution >= 0.6 is 0 Å². The van der Waals surface area contributed by atoms with E-state index < -0.39 is 22.4 Å². The summed E-state index contributed by atoms with van der Waals surface area (Å²) < 4.78 is 1.83. The molecule has 2 heterocycles. The van der Waals surface area contributed by atoms with E-state index in [2.05, 4.69) is 10.4 Å². The molecule has 0 saturated carbocycles. The van der Waals surface area contributed by atoms with Crippen LogP contribution in [0, 0.1) is 24.0 Å². The third-order valence-corrected chi connectivity index (χ3v) is 5.44. The molecule has 0 spiro atoms. The van der Waals surface area contributed by atoms with Gasteiger partial charge in [-0.05, 0) is 50.1 Å². The smallest absolute Gasteiger partial charge is 0.319 e. The number of imide groups is 1. The van der Waals surface area contributed by atoms with E-state index in [4.69, 9.17) is 0 Å². The number of nitro benzene ring substituents is 1. The van der Waals surface area contributed by atoms with Gasteiger partial charge in [0.25, 0.3) is 11.6 Å². The Kier molecular flexibility index (Phi) is 4.81. The number of carbonyl (C=O) groups is 2. The molecule has 1 atom stereocenters.